The second kappa shape index (κ2) is 11.0. The molecule has 2 aromatic carbocycles. The Kier molecular flexibility index (Phi) is 7.39. The predicted molar refractivity (Wildman–Crippen MR) is 141 cm³/mol. The molecule has 0 aliphatic heterocycles. The molecule has 0 saturated carbocycles. The SMILES string of the molecule is CCCc1onc(CSc2nccs2)c1COc1ccc2c(ccn2Cc2cccc(C(=O)O)c2)c1. The molecule has 0 bridgehead atoms. The molecule has 9 heteroatoms. The largest absolute Gasteiger partial charge is 0.489 e. The molecule has 0 aliphatic rings. The lowest BCUT2D eigenvalue weighted by Gasteiger charge is -2.09. The molecule has 184 valence electrons. The van der Waals surface area contributed by atoms with Crippen molar-refractivity contribution in [3.8, 4) is 5.75 Å². The molecule has 7 nitrogen and oxygen atoms in total. The van der Waals surface area contributed by atoms with E-state index in [2.05, 4.69) is 21.6 Å². The van der Waals surface area contributed by atoms with E-state index in [1.54, 1.807) is 47.5 Å². The third-order valence-corrected chi connectivity index (χ3v) is 7.80. The van der Waals surface area contributed by atoms with Crippen LogP contribution < -0.4 is 4.74 Å². The van der Waals surface area contributed by atoms with Gasteiger partial charge in [0.15, 0.2) is 0 Å². The van der Waals surface area contributed by atoms with Crippen LogP contribution in [0, 0.1) is 0 Å². The Morgan fingerprint density at radius 3 is 2.94 bits per heavy atom. The first-order chi connectivity index (χ1) is 17.6. The summed E-state index contributed by atoms with van der Waals surface area (Å²) in [6.07, 6.45) is 5.60. The Hall–Kier alpha value is -3.56. The van der Waals surface area contributed by atoms with Gasteiger partial charge in [0.1, 0.15) is 28.2 Å². The highest BCUT2D eigenvalue weighted by atomic mass is 32.2. The van der Waals surface area contributed by atoms with Gasteiger partial charge in [-0.15, -0.1) is 11.3 Å². The van der Waals surface area contributed by atoms with Crippen LogP contribution in [0.3, 0.4) is 0 Å². The Morgan fingerprint density at radius 1 is 1.22 bits per heavy atom. The molecular formula is C27H25N3O4S2. The van der Waals surface area contributed by atoms with Crippen LogP contribution in [0.2, 0.25) is 0 Å². The van der Waals surface area contributed by atoms with E-state index >= 15 is 0 Å². The molecule has 0 amide bonds. The molecule has 5 aromatic rings. The van der Waals surface area contributed by atoms with Gasteiger partial charge in [-0.1, -0.05) is 36.0 Å². The van der Waals surface area contributed by atoms with Gasteiger partial charge in [-0.25, -0.2) is 9.78 Å². The van der Waals surface area contributed by atoms with E-state index in [4.69, 9.17) is 9.26 Å². The zero-order valence-electron chi connectivity index (χ0n) is 19.7. The third-order valence-electron chi connectivity index (χ3n) is 5.82. The van der Waals surface area contributed by atoms with E-state index in [0.29, 0.717) is 24.5 Å². The topological polar surface area (TPSA) is 90.4 Å². The van der Waals surface area contributed by atoms with Crippen molar-refractivity contribution in [2.45, 2.75) is 43.0 Å². The fraction of sp³-hybridized carbons (Fsp3) is 0.222. The Bertz CT molecular complexity index is 1470. The van der Waals surface area contributed by atoms with Crippen LogP contribution in [0.5, 0.6) is 5.75 Å². The first-order valence-corrected chi connectivity index (χ1v) is 13.5. The number of thiazole rings is 1. The number of carboxylic acid groups (broad SMARTS) is 1. The fourth-order valence-electron chi connectivity index (χ4n) is 4.05. The Morgan fingerprint density at radius 2 is 2.14 bits per heavy atom. The number of hydrogen-bond acceptors (Lipinski definition) is 7. The standard InChI is InChI=1S/C27H25N3O4S2/c1-2-4-25-22(23(29-34-25)17-36-27-28-10-12-35-27)16-33-21-7-8-24-19(14-21)9-11-30(24)15-18-5-3-6-20(13-18)26(31)32/h3,5-14H,2,4,15-17H2,1H3,(H,31,32). The number of benzene rings is 2. The molecule has 0 saturated heterocycles. The fourth-order valence-corrected chi connectivity index (χ4v) is 5.65. The summed E-state index contributed by atoms with van der Waals surface area (Å²) >= 11 is 3.26. The maximum absolute atomic E-state index is 11.3. The highest BCUT2D eigenvalue weighted by molar-refractivity contribution is 8.00. The molecular weight excluding hydrogens is 494 g/mol. The first kappa shape index (κ1) is 24.1. The summed E-state index contributed by atoms with van der Waals surface area (Å²) in [7, 11) is 0. The molecule has 3 heterocycles. The Balaban J connectivity index is 1.30. The number of nitrogens with zero attached hydrogens (tertiary/aromatic N) is 3. The lowest BCUT2D eigenvalue weighted by Crippen LogP contribution is -2.02. The minimum atomic E-state index is -0.920. The third kappa shape index (κ3) is 5.47. The second-order valence-corrected chi connectivity index (χ2v) is 10.4. The van der Waals surface area contributed by atoms with Gasteiger partial charge in [0, 0.05) is 47.4 Å². The lowest BCUT2D eigenvalue weighted by atomic mass is 10.1. The van der Waals surface area contributed by atoms with E-state index in [0.717, 1.165) is 56.4 Å². The van der Waals surface area contributed by atoms with Gasteiger partial charge in [0.25, 0.3) is 0 Å². The molecule has 0 atom stereocenters. The maximum atomic E-state index is 11.3. The highest BCUT2D eigenvalue weighted by Gasteiger charge is 2.17. The van der Waals surface area contributed by atoms with Crippen LogP contribution in [-0.4, -0.2) is 25.8 Å². The zero-order valence-corrected chi connectivity index (χ0v) is 21.3. The van der Waals surface area contributed by atoms with Crippen LogP contribution in [-0.2, 0) is 25.3 Å². The summed E-state index contributed by atoms with van der Waals surface area (Å²) in [5, 5.41) is 16.6. The number of aryl methyl sites for hydroxylation is 1. The van der Waals surface area contributed by atoms with Gasteiger partial charge in [0.2, 0.25) is 0 Å². The number of carboxylic acids is 1. The van der Waals surface area contributed by atoms with E-state index in [1.807, 2.05) is 41.9 Å². The minimum absolute atomic E-state index is 0.292. The zero-order chi connectivity index (χ0) is 24.9. The average molecular weight is 520 g/mol. The number of fused-ring (bicyclic) bond motifs is 1. The molecule has 0 unspecified atom stereocenters. The molecule has 0 aliphatic carbocycles. The molecule has 3 aromatic heterocycles. The summed E-state index contributed by atoms with van der Waals surface area (Å²) in [6, 6.07) is 15.1. The van der Waals surface area contributed by atoms with Gasteiger partial charge < -0.3 is 18.9 Å². The lowest BCUT2D eigenvalue weighted by molar-refractivity contribution is 0.0696. The van der Waals surface area contributed by atoms with Crippen LogP contribution in [0.4, 0.5) is 0 Å². The van der Waals surface area contributed by atoms with Crippen molar-refractivity contribution < 1.29 is 19.2 Å². The van der Waals surface area contributed by atoms with Crippen LogP contribution in [0.1, 0.15) is 46.3 Å². The highest BCUT2D eigenvalue weighted by Crippen LogP contribution is 2.29. The van der Waals surface area contributed by atoms with Gasteiger partial charge >= 0.3 is 5.97 Å². The maximum Gasteiger partial charge on any atom is 0.335 e. The number of thioether (sulfide) groups is 1. The quantitative estimate of drug-likeness (QED) is 0.195. The van der Waals surface area contributed by atoms with Gasteiger partial charge in [-0.05, 0) is 48.4 Å². The molecule has 36 heavy (non-hydrogen) atoms. The minimum Gasteiger partial charge on any atom is -0.489 e. The predicted octanol–water partition coefficient (Wildman–Crippen LogP) is 6.66. The van der Waals surface area contributed by atoms with Gasteiger partial charge in [-0.2, -0.15) is 0 Å². The Labute approximate surface area is 216 Å². The summed E-state index contributed by atoms with van der Waals surface area (Å²) in [4.78, 5) is 15.6. The van der Waals surface area contributed by atoms with E-state index in [9.17, 15) is 9.90 Å². The van der Waals surface area contributed by atoms with Crippen molar-refractivity contribution in [1.82, 2.24) is 14.7 Å². The first-order valence-electron chi connectivity index (χ1n) is 11.6. The van der Waals surface area contributed by atoms with Crippen molar-refractivity contribution in [3.05, 3.63) is 94.4 Å². The van der Waals surface area contributed by atoms with Crippen molar-refractivity contribution in [1.29, 1.82) is 0 Å². The summed E-state index contributed by atoms with van der Waals surface area (Å²) in [5.74, 6) is 1.42. The van der Waals surface area contributed by atoms with E-state index in [1.165, 1.54) is 0 Å². The van der Waals surface area contributed by atoms with Crippen molar-refractivity contribution in [2.75, 3.05) is 0 Å². The van der Waals surface area contributed by atoms with Crippen molar-refractivity contribution in [2.24, 2.45) is 0 Å². The van der Waals surface area contributed by atoms with Crippen molar-refractivity contribution >= 4 is 40.0 Å². The smallest absolute Gasteiger partial charge is 0.335 e. The second-order valence-electron chi connectivity index (χ2n) is 8.33. The molecule has 1 N–H and O–H groups in total. The van der Waals surface area contributed by atoms with Crippen molar-refractivity contribution in [3.63, 3.8) is 0 Å². The average Bonchev–Trinajstić information content (AvgIpc) is 3.63. The van der Waals surface area contributed by atoms with E-state index in [-0.39, 0.29) is 0 Å². The molecule has 0 spiro atoms. The van der Waals surface area contributed by atoms with E-state index < -0.39 is 5.97 Å². The summed E-state index contributed by atoms with van der Waals surface area (Å²) in [5.41, 5.74) is 4.19. The number of hydrogen-bond donors (Lipinski definition) is 1. The monoisotopic (exact) mass is 519 g/mol. The normalized spacial score (nSPS) is 11.2. The van der Waals surface area contributed by atoms with Crippen LogP contribution in [0.15, 0.2) is 75.2 Å². The van der Waals surface area contributed by atoms with Crippen LogP contribution >= 0.6 is 23.1 Å². The number of carbonyl (C=O) groups is 1. The van der Waals surface area contributed by atoms with Gasteiger partial charge in [0.05, 0.1) is 11.1 Å². The molecule has 0 fully saturated rings. The summed E-state index contributed by atoms with van der Waals surface area (Å²) in [6.45, 7) is 3.10. The molecule has 0 radical (unpaired) electrons. The molecule has 5 rings (SSSR count). The number of aromatic carboxylic acids is 1. The number of ether oxygens (including phenoxy) is 1. The summed E-state index contributed by atoms with van der Waals surface area (Å²) < 4.78 is 15.0. The van der Waals surface area contributed by atoms with Gasteiger partial charge in [-0.3, -0.25) is 0 Å². The van der Waals surface area contributed by atoms with Crippen LogP contribution in [0.25, 0.3) is 10.9 Å². The number of rotatable bonds is 11. The number of aromatic nitrogens is 3.